The zero-order valence-electron chi connectivity index (χ0n) is 12.4. The highest BCUT2D eigenvalue weighted by Gasteiger charge is 1.93. The summed E-state index contributed by atoms with van der Waals surface area (Å²) < 4.78 is 1.01. The second kappa shape index (κ2) is 7.50. The van der Waals surface area contributed by atoms with Crippen LogP contribution in [-0.4, -0.2) is 0 Å². The van der Waals surface area contributed by atoms with E-state index >= 15 is 0 Å². The maximum Gasteiger partial charge on any atom is 0.0391 e. The summed E-state index contributed by atoms with van der Waals surface area (Å²) in [4.78, 5) is 0. The summed E-state index contributed by atoms with van der Waals surface area (Å²) in [5, 5.41) is 0. The van der Waals surface area contributed by atoms with Crippen LogP contribution in [-0.2, 0) is 0 Å². The minimum atomic E-state index is 0.978. The van der Waals surface area contributed by atoms with E-state index in [4.69, 9.17) is 0 Å². The van der Waals surface area contributed by atoms with E-state index in [0.717, 1.165) is 26.7 Å². The quantitative estimate of drug-likeness (QED) is 0.482. The number of benzene rings is 3. The van der Waals surface area contributed by atoms with Crippen molar-refractivity contribution in [1.82, 2.24) is 0 Å². The summed E-state index contributed by atoms with van der Waals surface area (Å²) >= 11 is 3.50. The maximum absolute atomic E-state index is 3.50. The topological polar surface area (TPSA) is 0 Å². The molecule has 3 aromatic rings. The van der Waals surface area contributed by atoms with Crippen molar-refractivity contribution >= 4 is 15.9 Å². The maximum atomic E-state index is 3.50. The molecule has 1 heteroatoms. The van der Waals surface area contributed by atoms with Crippen molar-refractivity contribution in [2.24, 2.45) is 0 Å². The highest BCUT2D eigenvalue weighted by molar-refractivity contribution is 9.10. The van der Waals surface area contributed by atoms with Gasteiger partial charge in [-0.25, -0.2) is 0 Å². The van der Waals surface area contributed by atoms with Crippen LogP contribution in [0.5, 0.6) is 0 Å². The summed E-state index contributed by atoms with van der Waals surface area (Å²) in [5.41, 5.74) is 3.97. The minimum Gasteiger partial charge on any atom is -0.0622 e. The Morgan fingerprint density at radius 2 is 0.957 bits per heavy atom. The van der Waals surface area contributed by atoms with Gasteiger partial charge in [0, 0.05) is 26.7 Å². The van der Waals surface area contributed by atoms with E-state index < -0.39 is 0 Å². The smallest absolute Gasteiger partial charge is 0.0391 e. The molecule has 3 aromatic carbocycles. The number of halogens is 1. The number of hydrogen-bond donors (Lipinski definition) is 0. The Morgan fingerprint density at radius 1 is 0.478 bits per heavy atom. The summed E-state index contributed by atoms with van der Waals surface area (Å²) in [7, 11) is 0. The van der Waals surface area contributed by atoms with Gasteiger partial charge in [0.1, 0.15) is 0 Å². The molecule has 0 nitrogen and oxygen atoms in total. The third-order valence-corrected chi connectivity index (χ3v) is 3.92. The van der Waals surface area contributed by atoms with Crippen LogP contribution in [0, 0.1) is 23.7 Å². The molecule has 0 saturated heterocycles. The van der Waals surface area contributed by atoms with Crippen LogP contribution in [0.25, 0.3) is 0 Å². The van der Waals surface area contributed by atoms with Crippen molar-refractivity contribution in [1.29, 1.82) is 0 Å². The lowest BCUT2D eigenvalue weighted by atomic mass is 10.1. The summed E-state index contributed by atoms with van der Waals surface area (Å²) in [6, 6.07) is 25.9. The normalized spacial score (nSPS) is 9.26. The van der Waals surface area contributed by atoms with E-state index in [9.17, 15) is 0 Å². The lowest BCUT2D eigenvalue weighted by Gasteiger charge is -1.94. The van der Waals surface area contributed by atoms with Crippen LogP contribution >= 0.6 is 15.9 Å². The van der Waals surface area contributed by atoms with Gasteiger partial charge in [-0.05, 0) is 64.5 Å². The third kappa shape index (κ3) is 4.36. The SMILES string of the molecule is Brc1ccccc1C#Cc1ccc(C#Cc2ccccc2)cc1. The second-order valence-corrected chi connectivity index (χ2v) is 5.78. The van der Waals surface area contributed by atoms with Crippen molar-refractivity contribution < 1.29 is 0 Å². The van der Waals surface area contributed by atoms with Crippen LogP contribution in [0.2, 0.25) is 0 Å². The Balaban J connectivity index is 1.76. The molecule has 0 unspecified atom stereocenters. The third-order valence-electron chi connectivity index (χ3n) is 3.23. The van der Waals surface area contributed by atoms with E-state index in [1.165, 1.54) is 0 Å². The molecule has 0 bridgehead atoms. The fourth-order valence-corrected chi connectivity index (χ4v) is 2.39. The molecule has 23 heavy (non-hydrogen) atoms. The van der Waals surface area contributed by atoms with Gasteiger partial charge in [0.15, 0.2) is 0 Å². The van der Waals surface area contributed by atoms with E-state index in [0.29, 0.717) is 0 Å². The standard InChI is InChI=1S/C22H13Br/c23-22-9-5-4-8-21(22)17-16-20-14-12-19(13-15-20)11-10-18-6-2-1-3-7-18/h1-9,12-15H. The van der Waals surface area contributed by atoms with E-state index in [2.05, 4.69) is 39.6 Å². The Kier molecular flexibility index (Phi) is 4.95. The molecular formula is C22H13Br. The van der Waals surface area contributed by atoms with Gasteiger partial charge >= 0.3 is 0 Å². The first-order chi connectivity index (χ1) is 11.3. The van der Waals surface area contributed by atoms with Crippen molar-refractivity contribution in [2.45, 2.75) is 0 Å². The molecule has 0 radical (unpaired) electrons. The summed E-state index contributed by atoms with van der Waals surface area (Å²) in [6.45, 7) is 0. The van der Waals surface area contributed by atoms with E-state index in [1.54, 1.807) is 0 Å². The van der Waals surface area contributed by atoms with Crippen LogP contribution in [0.3, 0.4) is 0 Å². The lowest BCUT2D eigenvalue weighted by Crippen LogP contribution is -1.79. The van der Waals surface area contributed by atoms with Gasteiger partial charge in [-0.1, -0.05) is 54.0 Å². The molecule has 0 heterocycles. The van der Waals surface area contributed by atoms with Gasteiger partial charge in [-0.15, -0.1) is 0 Å². The monoisotopic (exact) mass is 356 g/mol. The second-order valence-electron chi connectivity index (χ2n) is 4.92. The fraction of sp³-hybridized carbons (Fsp3) is 0. The van der Waals surface area contributed by atoms with Gasteiger partial charge in [0.05, 0.1) is 0 Å². The molecule has 0 aromatic heterocycles. The molecule has 0 saturated carbocycles. The van der Waals surface area contributed by atoms with Crippen molar-refractivity contribution in [3.8, 4) is 23.7 Å². The molecule has 0 aliphatic rings. The Labute approximate surface area is 145 Å². The molecule has 0 fully saturated rings. The molecule has 0 amide bonds. The predicted octanol–water partition coefficient (Wildman–Crippen LogP) is 5.25. The van der Waals surface area contributed by atoms with Crippen molar-refractivity contribution in [3.63, 3.8) is 0 Å². The first-order valence-electron chi connectivity index (χ1n) is 7.25. The minimum absolute atomic E-state index is 0.978. The van der Waals surface area contributed by atoms with E-state index in [-0.39, 0.29) is 0 Å². The molecule has 0 spiro atoms. The first-order valence-corrected chi connectivity index (χ1v) is 8.04. The summed E-state index contributed by atoms with van der Waals surface area (Å²) in [5.74, 6) is 12.7. The van der Waals surface area contributed by atoms with Crippen molar-refractivity contribution in [3.05, 3.63) is 106 Å². The van der Waals surface area contributed by atoms with Gasteiger partial charge < -0.3 is 0 Å². The number of hydrogen-bond acceptors (Lipinski definition) is 0. The average molecular weight is 357 g/mol. The number of rotatable bonds is 0. The Morgan fingerprint density at radius 3 is 1.57 bits per heavy atom. The molecule has 0 aliphatic heterocycles. The molecule has 0 aliphatic carbocycles. The van der Waals surface area contributed by atoms with E-state index in [1.807, 2.05) is 78.9 Å². The highest BCUT2D eigenvalue weighted by Crippen LogP contribution is 2.14. The van der Waals surface area contributed by atoms with Crippen LogP contribution < -0.4 is 0 Å². The molecule has 3 rings (SSSR count). The van der Waals surface area contributed by atoms with Crippen LogP contribution in [0.1, 0.15) is 22.3 Å². The largest absolute Gasteiger partial charge is 0.0622 e. The van der Waals surface area contributed by atoms with Crippen LogP contribution in [0.4, 0.5) is 0 Å². The van der Waals surface area contributed by atoms with Gasteiger partial charge in [0.25, 0.3) is 0 Å². The average Bonchev–Trinajstić information content (AvgIpc) is 2.61. The zero-order valence-corrected chi connectivity index (χ0v) is 14.0. The van der Waals surface area contributed by atoms with Crippen molar-refractivity contribution in [2.75, 3.05) is 0 Å². The van der Waals surface area contributed by atoms with Gasteiger partial charge in [0.2, 0.25) is 0 Å². The Hall–Kier alpha value is -2.74. The summed E-state index contributed by atoms with van der Waals surface area (Å²) in [6.07, 6.45) is 0. The molecular weight excluding hydrogens is 344 g/mol. The molecule has 0 atom stereocenters. The molecule has 108 valence electrons. The Bertz CT molecular complexity index is 915. The van der Waals surface area contributed by atoms with Gasteiger partial charge in [-0.2, -0.15) is 0 Å². The first kappa shape index (κ1) is 15.2. The molecule has 0 N–H and O–H groups in total. The highest BCUT2D eigenvalue weighted by atomic mass is 79.9. The lowest BCUT2D eigenvalue weighted by molar-refractivity contribution is 1.57. The zero-order chi connectivity index (χ0) is 15.9. The predicted molar refractivity (Wildman–Crippen MR) is 99.0 cm³/mol. The fourth-order valence-electron chi connectivity index (χ4n) is 2.00. The van der Waals surface area contributed by atoms with Crippen LogP contribution in [0.15, 0.2) is 83.3 Å². The van der Waals surface area contributed by atoms with Gasteiger partial charge in [-0.3, -0.25) is 0 Å².